The molecule has 0 bridgehead atoms. The highest BCUT2D eigenvalue weighted by Gasteiger charge is 2.04. The van der Waals surface area contributed by atoms with Crippen LogP contribution in [0.15, 0.2) is 0 Å². The Morgan fingerprint density at radius 3 is 1.00 bits per heavy atom. The van der Waals surface area contributed by atoms with Crippen LogP contribution in [0.3, 0.4) is 0 Å². The zero-order chi connectivity index (χ0) is 8.73. The topological polar surface area (TPSA) is 112 Å². The lowest BCUT2D eigenvalue weighted by atomic mass is 10.7. The van der Waals surface area contributed by atoms with E-state index in [4.69, 9.17) is 29.7 Å². The van der Waals surface area contributed by atoms with Crippen LogP contribution < -0.4 is 0 Å². The third kappa shape index (κ3) is 29.9. The normalized spacial score (nSPS) is 6.90. The van der Waals surface area contributed by atoms with E-state index in [9.17, 15) is 0 Å². The number of carboxylic acid groups (broad SMARTS) is 3. The number of carbonyl (C=O) groups is 3. The second-order valence-corrected chi connectivity index (χ2v) is 1.19. The summed E-state index contributed by atoms with van der Waals surface area (Å²) in [5.74, 6) is -3.65. The first kappa shape index (κ1) is 11.5. The van der Waals surface area contributed by atoms with Crippen LogP contribution in [0.2, 0.25) is 0 Å². The number of hydrogen-bond donors (Lipinski definition) is 3. The second-order valence-electron chi connectivity index (χ2n) is 0.863. The molecular formula is C3H3ClO6. The van der Waals surface area contributed by atoms with E-state index in [1.54, 1.807) is 0 Å². The smallest absolute Gasteiger partial charge is 0.414 e. The third-order valence-electron chi connectivity index (χ3n) is 0.183. The molecule has 58 valence electrons. The quantitative estimate of drug-likeness (QED) is 0.350. The lowest BCUT2D eigenvalue weighted by Gasteiger charge is -1.72. The number of halogens is 1. The largest absolute Gasteiger partial charge is 0.473 e. The Bertz CT molecular complexity index is 135. The molecule has 3 N–H and O–H groups in total. The molecule has 0 rings (SSSR count). The molecule has 10 heavy (non-hydrogen) atoms. The first-order valence-corrected chi connectivity index (χ1v) is 2.10. The van der Waals surface area contributed by atoms with E-state index in [-0.39, 0.29) is 0 Å². The molecule has 7 heteroatoms. The molecule has 0 aliphatic heterocycles. The summed E-state index contributed by atoms with van der Waals surface area (Å²) in [6.45, 7) is 0. The van der Waals surface area contributed by atoms with E-state index in [0.717, 1.165) is 0 Å². The average Bonchev–Trinajstić information content (AvgIpc) is 1.63. The van der Waals surface area contributed by atoms with Crippen molar-refractivity contribution in [2.45, 2.75) is 0 Å². The molecule has 0 amide bonds. The van der Waals surface area contributed by atoms with Gasteiger partial charge in [0.05, 0.1) is 0 Å². The van der Waals surface area contributed by atoms with Gasteiger partial charge in [-0.1, -0.05) is 0 Å². The van der Waals surface area contributed by atoms with Gasteiger partial charge in [-0.25, -0.2) is 14.4 Å². The third-order valence-corrected chi connectivity index (χ3v) is 0.183. The van der Waals surface area contributed by atoms with Gasteiger partial charge in [0.2, 0.25) is 0 Å². The van der Waals surface area contributed by atoms with E-state index in [1.165, 1.54) is 0 Å². The zero-order valence-corrected chi connectivity index (χ0v) is 5.20. The van der Waals surface area contributed by atoms with Crippen LogP contribution in [0.1, 0.15) is 0 Å². The Labute approximate surface area is 59.6 Å². The fourth-order valence-electron chi connectivity index (χ4n) is 0. The summed E-state index contributed by atoms with van der Waals surface area (Å²) in [5, 5.41) is 22.0. The SMILES string of the molecule is O=C(O)C(=O)O.O=C(O)Cl. The van der Waals surface area contributed by atoms with Crippen LogP contribution >= 0.6 is 11.6 Å². The van der Waals surface area contributed by atoms with Crippen molar-refractivity contribution in [3.8, 4) is 0 Å². The van der Waals surface area contributed by atoms with Crippen LogP contribution in [-0.4, -0.2) is 32.7 Å². The van der Waals surface area contributed by atoms with Gasteiger partial charge in [-0.05, 0) is 0 Å². The van der Waals surface area contributed by atoms with Gasteiger partial charge < -0.3 is 15.3 Å². The van der Waals surface area contributed by atoms with Crippen LogP contribution in [0.5, 0.6) is 0 Å². The van der Waals surface area contributed by atoms with Crippen molar-refractivity contribution in [1.29, 1.82) is 0 Å². The van der Waals surface area contributed by atoms with Crippen LogP contribution in [-0.2, 0) is 9.59 Å². The fraction of sp³-hybridized carbons (Fsp3) is 0. The second kappa shape index (κ2) is 5.83. The first-order chi connectivity index (χ1) is 4.37. The first-order valence-electron chi connectivity index (χ1n) is 1.72. The van der Waals surface area contributed by atoms with Gasteiger partial charge in [-0.15, -0.1) is 0 Å². The molecule has 0 aliphatic carbocycles. The highest BCUT2D eigenvalue weighted by molar-refractivity contribution is 6.60. The van der Waals surface area contributed by atoms with Gasteiger partial charge in [-0.2, -0.15) is 0 Å². The predicted octanol–water partition coefficient (Wildman–Crippen LogP) is 0.0588. The van der Waals surface area contributed by atoms with Gasteiger partial charge in [0.1, 0.15) is 0 Å². The molecule has 6 nitrogen and oxygen atoms in total. The van der Waals surface area contributed by atoms with Gasteiger partial charge in [0.25, 0.3) is 0 Å². The summed E-state index contributed by atoms with van der Waals surface area (Å²) in [6, 6.07) is 0. The number of carboxylic acids is 2. The molecule has 0 aliphatic rings. The predicted molar refractivity (Wildman–Crippen MR) is 29.1 cm³/mol. The van der Waals surface area contributed by atoms with Gasteiger partial charge in [-0.3, -0.25) is 0 Å². The van der Waals surface area contributed by atoms with Crippen molar-refractivity contribution in [2.75, 3.05) is 0 Å². The Kier molecular flexibility index (Phi) is 6.70. The highest BCUT2D eigenvalue weighted by Crippen LogP contribution is 1.67. The molecule has 0 fully saturated rings. The van der Waals surface area contributed by atoms with Crippen molar-refractivity contribution >= 4 is 29.0 Å². The molecule has 0 heterocycles. The lowest BCUT2D eigenvalue weighted by Crippen LogP contribution is -2.09. The molecule has 0 spiro atoms. The molecule has 0 unspecified atom stereocenters. The Morgan fingerprint density at radius 1 is 0.900 bits per heavy atom. The summed E-state index contributed by atoms with van der Waals surface area (Å²) >= 11 is 4.19. The van der Waals surface area contributed by atoms with E-state index < -0.39 is 17.4 Å². The maximum absolute atomic E-state index is 9.10. The maximum Gasteiger partial charge on any atom is 0.414 e. The average molecular weight is 171 g/mol. The van der Waals surface area contributed by atoms with Crippen molar-refractivity contribution in [3.05, 3.63) is 0 Å². The molecule has 0 saturated carbocycles. The summed E-state index contributed by atoms with van der Waals surface area (Å²) < 4.78 is 0. The molecule has 0 radical (unpaired) electrons. The Hall–Kier alpha value is -1.30. The van der Waals surface area contributed by atoms with Crippen molar-refractivity contribution < 1.29 is 29.7 Å². The van der Waals surface area contributed by atoms with E-state index in [2.05, 4.69) is 11.6 Å². The minimum atomic E-state index is -1.82. The van der Waals surface area contributed by atoms with Gasteiger partial charge >= 0.3 is 17.4 Å². The molecule has 0 atom stereocenters. The van der Waals surface area contributed by atoms with Crippen molar-refractivity contribution in [3.63, 3.8) is 0 Å². The van der Waals surface area contributed by atoms with Gasteiger partial charge in [0, 0.05) is 11.6 Å². The van der Waals surface area contributed by atoms with Crippen molar-refractivity contribution in [1.82, 2.24) is 0 Å². The number of rotatable bonds is 0. The lowest BCUT2D eigenvalue weighted by molar-refractivity contribution is -0.159. The van der Waals surface area contributed by atoms with Crippen LogP contribution in [0.4, 0.5) is 4.79 Å². The monoisotopic (exact) mass is 170 g/mol. The molecule has 0 saturated heterocycles. The molecule has 0 aromatic rings. The number of hydrogen-bond acceptors (Lipinski definition) is 3. The summed E-state index contributed by atoms with van der Waals surface area (Å²) in [4.78, 5) is 27.0. The highest BCUT2D eigenvalue weighted by atomic mass is 35.5. The van der Waals surface area contributed by atoms with E-state index >= 15 is 0 Å². The molecule has 0 aromatic carbocycles. The minimum absolute atomic E-state index is 1.36. The van der Waals surface area contributed by atoms with Gasteiger partial charge in [0.15, 0.2) is 0 Å². The number of aliphatic carboxylic acids is 2. The molecule has 0 aromatic heterocycles. The minimum Gasteiger partial charge on any atom is -0.473 e. The summed E-state index contributed by atoms with van der Waals surface area (Å²) in [5.41, 5.74) is -1.36. The zero-order valence-electron chi connectivity index (χ0n) is 4.44. The Balaban J connectivity index is 0. The summed E-state index contributed by atoms with van der Waals surface area (Å²) in [6.07, 6.45) is 0. The van der Waals surface area contributed by atoms with Crippen LogP contribution in [0, 0.1) is 0 Å². The fourth-order valence-corrected chi connectivity index (χ4v) is 0. The Morgan fingerprint density at radius 2 is 1.00 bits per heavy atom. The maximum atomic E-state index is 9.10. The van der Waals surface area contributed by atoms with E-state index in [1.807, 2.05) is 0 Å². The van der Waals surface area contributed by atoms with E-state index in [0.29, 0.717) is 0 Å². The van der Waals surface area contributed by atoms with Crippen molar-refractivity contribution in [2.24, 2.45) is 0 Å². The van der Waals surface area contributed by atoms with Crippen LogP contribution in [0.25, 0.3) is 0 Å². The molecular weight excluding hydrogens is 167 g/mol. The summed E-state index contributed by atoms with van der Waals surface area (Å²) in [7, 11) is 0. The standard InChI is InChI=1S/C2H2O4.CHClO2/c3-1(4)2(5)6;2-1(3)4/h(H,3,4)(H,5,6);(H,3,4).